The van der Waals surface area contributed by atoms with Gasteiger partial charge in [0.25, 0.3) is 0 Å². The standard InChI is InChI=1S/C16H14ClF3N2S/c1-10-2-4-11(5-3-10)9-21-15(23)22-12-6-7-14(17)13(8-12)16(18,19)20/h2-8H,9H2,1H3,(H2,21,22,23). The largest absolute Gasteiger partial charge is 0.417 e. The predicted molar refractivity (Wildman–Crippen MR) is 90.7 cm³/mol. The average molecular weight is 359 g/mol. The fourth-order valence-electron chi connectivity index (χ4n) is 1.88. The van der Waals surface area contributed by atoms with Gasteiger partial charge in [0, 0.05) is 12.2 Å². The molecule has 0 aliphatic carbocycles. The molecule has 23 heavy (non-hydrogen) atoms. The van der Waals surface area contributed by atoms with Gasteiger partial charge in [-0.1, -0.05) is 41.4 Å². The van der Waals surface area contributed by atoms with Crippen LogP contribution in [0.1, 0.15) is 16.7 Å². The van der Waals surface area contributed by atoms with E-state index >= 15 is 0 Å². The van der Waals surface area contributed by atoms with Gasteiger partial charge in [-0.15, -0.1) is 0 Å². The molecule has 0 aliphatic heterocycles. The van der Waals surface area contributed by atoms with Crippen LogP contribution in [0.15, 0.2) is 42.5 Å². The first kappa shape index (κ1) is 17.6. The molecule has 2 aromatic rings. The summed E-state index contributed by atoms with van der Waals surface area (Å²) < 4.78 is 38.4. The zero-order valence-corrected chi connectivity index (χ0v) is 13.7. The molecular weight excluding hydrogens is 345 g/mol. The lowest BCUT2D eigenvalue weighted by Gasteiger charge is -2.14. The summed E-state index contributed by atoms with van der Waals surface area (Å²) >= 11 is 10.7. The van der Waals surface area contributed by atoms with Gasteiger partial charge in [0.2, 0.25) is 0 Å². The normalized spacial score (nSPS) is 11.2. The summed E-state index contributed by atoms with van der Waals surface area (Å²) in [5.74, 6) is 0. The minimum Gasteiger partial charge on any atom is -0.358 e. The van der Waals surface area contributed by atoms with Gasteiger partial charge in [0.1, 0.15) is 0 Å². The molecule has 2 nitrogen and oxygen atoms in total. The Morgan fingerprint density at radius 3 is 2.39 bits per heavy atom. The molecule has 0 spiro atoms. The molecule has 0 saturated carbocycles. The Morgan fingerprint density at radius 1 is 1.13 bits per heavy atom. The Balaban J connectivity index is 1.99. The molecule has 122 valence electrons. The number of halogens is 4. The van der Waals surface area contributed by atoms with E-state index < -0.39 is 11.7 Å². The van der Waals surface area contributed by atoms with Crippen LogP contribution in [0.4, 0.5) is 18.9 Å². The first-order valence-electron chi connectivity index (χ1n) is 6.73. The Hall–Kier alpha value is -1.79. The van der Waals surface area contributed by atoms with E-state index in [0.29, 0.717) is 6.54 Å². The Kier molecular flexibility index (Phi) is 5.49. The summed E-state index contributed by atoms with van der Waals surface area (Å²) in [6.07, 6.45) is -4.51. The Morgan fingerprint density at radius 2 is 1.78 bits per heavy atom. The highest BCUT2D eigenvalue weighted by molar-refractivity contribution is 7.80. The smallest absolute Gasteiger partial charge is 0.358 e. The molecule has 2 aromatic carbocycles. The fraction of sp³-hybridized carbons (Fsp3) is 0.188. The van der Waals surface area contributed by atoms with Crippen LogP contribution in [-0.2, 0) is 12.7 Å². The second-order valence-corrected chi connectivity index (χ2v) is 5.80. The van der Waals surface area contributed by atoms with E-state index in [0.717, 1.165) is 17.2 Å². The Bertz CT molecular complexity index is 699. The quantitative estimate of drug-likeness (QED) is 0.742. The molecule has 0 heterocycles. The van der Waals surface area contributed by atoms with Gasteiger partial charge in [-0.05, 0) is 42.9 Å². The fourth-order valence-corrected chi connectivity index (χ4v) is 2.30. The number of nitrogens with one attached hydrogen (secondary N) is 2. The Labute approximate surface area is 142 Å². The number of aryl methyl sites for hydroxylation is 1. The molecule has 2 rings (SSSR count). The number of thiocarbonyl (C=S) groups is 1. The van der Waals surface area contributed by atoms with Crippen molar-refractivity contribution in [2.45, 2.75) is 19.6 Å². The lowest BCUT2D eigenvalue weighted by molar-refractivity contribution is -0.137. The third-order valence-electron chi connectivity index (χ3n) is 3.10. The van der Waals surface area contributed by atoms with Crippen molar-refractivity contribution in [2.24, 2.45) is 0 Å². The van der Waals surface area contributed by atoms with Gasteiger partial charge in [0.15, 0.2) is 5.11 Å². The monoisotopic (exact) mass is 358 g/mol. The maximum Gasteiger partial charge on any atom is 0.417 e. The van der Waals surface area contributed by atoms with E-state index in [-0.39, 0.29) is 15.8 Å². The minimum atomic E-state index is -4.51. The van der Waals surface area contributed by atoms with Crippen molar-refractivity contribution in [3.05, 3.63) is 64.2 Å². The third kappa shape index (κ3) is 5.11. The molecule has 0 atom stereocenters. The van der Waals surface area contributed by atoms with Crippen molar-refractivity contribution in [3.8, 4) is 0 Å². The van der Waals surface area contributed by atoms with Gasteiger partial charge < -0.3 is 10.6 Å². The number of hydrogen-bond donors (Lipinski definition) is 2. The minimum absolute atomic E-state index is 0.225. The highest BCUT2D eigenvalue weighted by atomic mass is 35.5. The maximum absolute atomic E-state index is 12.8. The van der Waals surface area contributed by atoms with Gasteiger partial charge in [0.05, 0.1) is 10.6 Å². The zero-order chi connectivity index (χ0) is 17.0. The van der Waals surface area contributed by atoms with Crippen molar-refractivity contribution in [3.63, 3.8) is 0 Å². The van der Waals surface area contributed by atoms with E-state index in [1.807, 2.05) is 31.2 Å². The van der Waals surface area contributed by atoms with Crippen LogP contribution in [0.3, 0.4) is 0 Å². The summed E-state index contributed by atoms with van der Waals surface area (Å²) in [5.41, 5.74) is 1.50. The number of benzene rings is 2. The lowest BCUT2D eigenvalue weighted by Crippen LogP contribution is -2.28. The van der Waals surface area contributed by atoms with E-state index in [1.54, 1.807) is 0 Å². The van der Waals surface area contributed by atoms with Crippen LogP contribution in [-0.4, -0.2) is 5.11 Å². The first-order valence-corrected chi connectivity index (χ1v) is 7.51. The van der Waals surface area contributed by atoms with E-state index in [1.165, 1.54) is 12.1 Å². The van der Waals surface area contributed by atoms with Gasteiger partial charge in [-0.3, -0.25) is 0 Å². The molecule has 0 aromatic heterocycles. The zero-order valence-electron chi connectivity index (χ0n) is 12.2. The number of alkyl halides is 3. The molecular formula is C16H14ClF3N2S. The average Bonchev–Trinajstić information content (AvgIpc) is 2.47. The highest BCUT2D eigenvalue weighted by Gasteiger charge is 2.33. The summed E-state index contributed by atoms with van der Waals surface area (Å²) in [7, 11) is 0. The van der Waals surface area contributed by atoms with Gasteiger partial charge >= 0.3 is 6.18 Å². The van der Waals surface area contributed by atoms with Gasteiger partial charge in [-0.25, -0.2) is 0 Å². The summed E-state index contributed by atoms with van der Waals surface area (Å²) in [4.78, 5) is 0. The number of anilines is 1. The van der Waals surface area contributed by atoms with E-state index in [4.69, 9.17) is 23.8 Å². The van der Waals surface area contributed by atoms with Crippen LogP contribution in [0, 0.1) is 6.92 Å². The van der Waals surface area contributed by atoms with Crippen LogP contribution in [0.25, 0.3) is 0 Å². The van der Waals surface area contributed by atoms with Crippen molar-refractivity contribution in [2.75, 3.05) is 5.32 Å². The molecule has 2 N–H and O–H groups in total. The molecule has 0 aliphatic rings. The first-order chi connectivity index (χ1) is 10.8. The molecule has 7 heteroatoms. The van der Waals surface area contributed by atoms with Crippen LogP contribution < -0.4 is 10.6 Å². The topological polar surface area (TPSA) is 24.1 Å². The summed E-state index contributed by atoms with van der Waals surface area (Å²) in [5, 5.41) is 5.56. The number of rotatable bonds is 3. The maximum atomic E-state index is 12.8. The number of hydrogen-bond acceptors (Lipinski definition) is 1. The third-order valence-corrected chi connectivity index (χ3v) is 3.68. The predicted octanol–water partition coefficient (Wildman–Crippen LogP) is 5.15. The molecule has 0 unspecified atom stereocenters. The second kappa shape index (κ2) is 7.19. The van der Waals surface area contributed by atoms with E-state index in [9.17, 15) is 13.2 Å². The van der Waals surface area contributed by atoms with Crippen LogP contribution >= 0.6 is 23.8 Å². The second-order valence-electron chi connectivity index (χ2n) is 4.99. The van der Waals surface area contributed by atoms with Crippen LogP contribution in [0.2, 0.25) is 5.02 Å². The molecule has 0 saturated heterocycles. The van der Waals surface area contributed by atoms with Crippen molar-refractivity contribution < 1.29 is 13.2 Å². The van der Waals surface area contributed by atoms with Crippen molar-refractivity contribution >= 4 is 34.6 Å². The molecule has 0 fully saturated rings. The summed E-state index contributed by atoms with van der Waals surface area (Å²) in [6.45, 7) is 2.47. The van der Waals surface area contributed by atoms with Crippen LogP contribution in [0.5, 0.6) is 0 Å². The van der Waals surface area contributed by atoms with Crippen molar-refractivity contribution in [1.29, 1.82) is 0 Å². The molecule has 0 radical (unpaired) electrons. The lowest BCUT2D eigenvalue weighted by atomic mass is 10.1. The molecule has 0 bridgehead atoms. The van der Waals surface area contributed by atoms with Crippen molar-refractivity contribution in [1.82, 2.24) is 5.32 Å². The molecule has 0 amide bonds. The van der Waals surface area contributed by atoms with Gasteiger partial charge in [-0.2, -0.15) is 13.2 Å². The summed E-state index contributed by atoms with van der Waals surface area (Å²) in [6, 6.07) is 11.4. The van der Waals surface area contributed by atoms with E-state index in [2.05, 4.69) is 10.6 Å². The highest BCUT2D eigenvalue weighted by Crippen LogP contribution is 2.36. The SMILES string of the molecule is Cc1ccc(CNC(=S)Nc2ccc(Cl)c(C(F)(F)F)c2)cc1.